The summed E-state index contributed by atoms with van der Waals surface area (Å²) in [5, 5.41) is 6.26. The van der Waals surface area contributed by atoms with Gasteiger partial charge in [0.1, 0.15) is 17.6 Å². The fourth-order valence-electron chi connectivity index (χ4n) is 4.59. The van der Waals surface area contributed by atoms with Gasteiger partial charge in [0.15, 0.2) is 11.6 Å². The minimum absolute atomic E-state index is 0.00920. The van der Waals surface area contributed by atoms with Gasteiger partial charge in [0, 0.05) is 29.9 Å². The molecule has 4 bridgehead atoms. The molecule has 5 heterocycles. The van der Waals surface area contributed by atoms with Crippen molar-refractivity contribution in [1.29, 1.82) is 0 Å². The number of halogens is 1. The lowest BCUT2D eigenvalue weighted by atomic mass is 9.93. The zero-order valence-electron chi connectivity index (χ0n) is 18.8. The quantitative estimate of drug-likeness (QED) is 0.385. The van der Waals surface area contributed by atoms with Crippen LogP contribution in [0.25, 0.3) is 22.3 Å². The Bertz CT molecular complexity index is 1500. The number of allylic oxidation sites excluding steroid dienone is 1. The molecule has 4 aromatic rings. The van der Waals surface area contributed by atoms with Crippen molar-refractivity contribution < 1.29 is 18.7 Å². The SMILES string of the molecule is COc1c(F)cccc1Nc1c2[nH]c3c1C(=O)NC[C@@H]3C/C=C/COc1ncc3nccc-2c3n1. The number of H-pyrrole nitrogens is 1. The standard InChI is InChI=1S/C25H21FN6O3/c1-34-23-15(26)6-4-7-16(23)30-22-18-19-13(11-28-24(18)33)5-2-3-10-35-25-29-12-17-20(32-25)14(8-9-27-17)21(22)31-19/h2-4,6-9,12-13,30-31H,5,10-11H2,1H3,(H,28,33)/b3-2+/t13-/m0/s1. The number of fused-ring (bicyclic) bond motifs is 3. The van der Waals surface area contributed by atoms with E-state index in [1.807, 2.05) is 18.2 Å². The molecule has 0 saturated carbocycles. The van der Waals surface area contributed by atoms with Crippen LogP contribution in [0.4, 0.5) is 15.8 Å². The Morgan fingerprint density at radius 2 is 2.14 bits per heavy atom. The van der Waals surface area contributed by atoms with E-state index >= 15 is 0 Å². The molecule has 3 aromatic heterocycles. The third-order valence-corrected chi connectivity index (χ3v) is 6.23. The molecule has 0 aliphatic carbocycles. The number of nitrogens with one attached hydrogen (secondary N) is 3. The molecular formula is C25H21FN6O3. The van der Waals surface area contributed by atoms with E-state index in [4.69, 9.17) is 9.47 Å². The summed E-state index contributed by atoms with van der Waals surface area (Å²) in [6.07, 6.45) is 7.87. The summed E-state index contributed by atoms with van der Waals surface area (Å²) in [4.78, 5) is 29.9. The Kier molecular flexibility index (Phi) is 5.05. The first kappa shape index (κ1) is 21.1. The van der Waals surface area contributed by atoms with Crippen molar-refractivity contribution in [2.24, 2.45) is 0 Å². The summed E-state index contributed by atoms with van der Waals surface area (Å²) >= 11 is 0. The zero-order chi connectivity index (χ0) is 23.9. The van der Waals surface area contributed by atoms with Crippen LogP contribution in [-0.4, -0.2) is 46.1 Å². The minimum atomic E-state index is -0.512. The lowest BCUT2D eigenvalue weighted by Crippen LogP contribution is -2.34. The van der Waals surface area contributed by atoms with Crippen LogP contribution in [-0.2, 0) is 0 Å². The Balaban J connectivity index is 1.64. The second-order valence-corrected chi connectivity index (χ2v) is 8.28. The van der Waals surface area contributed by atoms with Crippen LogP contribution in [0.2, 0.25) is 0 Å². The number of ether oxygens (including phenoxy) is 2. The molecule has 2 aliphatic rings. The maximum Gasteiger partial charge on any atom is 0.317 e. The molecule has 35 heavy (non-hydrogen) atoms. The van der Waals surface area contributed by atoms with Gasteiger partial charge in [-0.1, -0.05) is 18.2 Å². The molecule has 0 unspecified atom stereocenters. The monoisotopic (exact) mass is 472 g/mol. The Hall–Kier alpha value is -4.47. The Labute approximate surface area is 199 Å². The van der Waals surface area contributed by atoms with Crippen molar-refractivity contribution in [3.05, 3.63) is 65.9 Å². The molecule has 0 spiro atoms. The van der Waals surface area contributed by atoms with E-state index < -0.39 is 5.82 Å². The predicted molar refractivity (Wildman–Crippen MR) is 128 cm³/mol. The number of hydrogen-bond donors (Lipinski definition) is 3. The van der Waals surface area contributed by atoms with Crippen LogP contribution in [0.15, 0.2) is 48.8 Å². The van der Waals surface area contributed by atoms with Crippen molar-refractivity contribution in [2.75, 3.05) is 25.6 Å². The largest absolute Gasteiger partial charge is 0.492 e. The summed E-state index contributed by atoms with van der Waals surface area (Å²) in [7, 11) is 1.40. The highest BCUT2D eigenvalue weighted by atomic mass is 19.1. The number of amides is 1. The van der Waals surface area contributed by atoms with Crippen molar-refractivity contribution >= 4 is 28.3 Å². The van der Waals surface area contributed by atoms with Crippen molar-refractivity contribution in [3.63, 3.8) is 0 Å². The number of carbonyl (C=O) groups excluding carboxylic acids is 1. The number of nitrogens with zero attached hydrogens (tertiary/aromatic N) is 3. The normalized spacial score (nSPS) is 17.5. The number of carbonyl (C=O) groups is 1. The van der Waals surface area contributed by atoms with Gasteiger partial charge in [-0.2, -0.15) is 4.98 Å². The molecule has 10 heteroatoms. The first-order chi connectivity index (χ1) is 17.1. The third-order valence-electron chi connectivity index (χ3n) is 6.23. The summed E-state index contributed by atoms with van der Waals surface area (Å²) in [5.74, 6) is -0.669. The summed E-state index contributed by atoms with van der Waals surface area (Å²) in [6.45, 7) is 0.813. The lowest BCUT2D eigenvalue weighted by molar-refractivity contribution is 0.0941. The van der Waals surface area contributed by atoms with Crippen molar-refractivity contribution in [3.8, 4) is 23.0 Å². The lowest BCUT2D eigenvalue weighted by Gasteiger charge is -2.23. The topological polar surface area (TPSA) is 114 Å². The van der Waals surface area contributed by atoms with Crippen molar-refractivity contribution in [1.82, 2.24) is 25.3 Å². The van der Waals surface area contributed by atoms with Crippen LogP contribution < -0.4 is 20.1 Å². The first-order valence-corrected chi connectivity index (χ1v) is 11.2. The Morgan fingerprint density at radius 1 is 1.23 bits per heavy atom. The van der Waals surface area contributed by atoms with E-state index in [1.54, 1.807) is 24.5 Å². The molecule has 0 saturated heterocycles. The smallest absolute Gasteiger partial charge is 0.317 e. The molecule has 3 N–H and O–H groups in total. The molecule has 2 aliphatic heterocycles. The van der Waals surface area contributed by atoms with Gasteiger partial charge in [0.2, 0.25) is 0 Å². The maximum absolute atomic E-state index is 14.5. The molecule has 1 atom stereocenters. The van der Waals surface area contributed by atoms with Crippen molar-refractivity contribution in [2.45, 2.75) is 12.3 Å². The second-order valence-electron chi connectivity index (χ2n) is 8.28. The van der Waals surface area contributed by atoms with Gasteiger partial charge in [0.05, 0.1) is 35.9 Å². The van der Waals surface area contributed by atoms with Crippen LogP contribution in [0.3, 0.4) is 0 Å². The number of methoxy groups -OCH3 is 1. The van der Waals surface area contributed by atoms with Crippen LogP contribution >= 0.6 is 0 Å². The average molecular weight is 472 g/mol. The number of aromatic nitrogens is 4. The number of rotatable bonds is 3. The van der Waals surface area contributed by atoms with Gasteiger partial charge >= 0.3 is 6.01 Å². The van der Waals surface area contributed by atoms with E-state index in [2.05, 4.69) is 30.6 Å². The van der Waals surface area contributed by atoms with Crippen LogP contribution in [0, 0.1) is 5.82 Å². The Morgan fingerprint density at radius 3 is 3.03 bits per heavy atom. The average Bonchev–Trinajstić information content (AvgIpc) is 3.24. The molecule has 0 radical (unpaired) electrons. The molecule has 9 nitrogen and oxygen atoms in total. The van der Waals surface area contributed by atoms with Gasteiger partial charge in [-0.3, -0.25) is 9.78 Å². The third kappa shape index (κ3) is 3.54. The number of aromatic amines is 1. The van der Waals surface area contributed by atoms with Gasteiger partial charge in [-0.05, 0) is 24.6 Å². The number of para-hydroxylation sites is 1. The minimum Gasteiger partial charge on any atom is -0.492 e. The van der Waals surface area contributed by atoms with Gasteiger partial charge in [-0.25, -0.2) is 9.37 Å². The number of hydrogen-bond acceptors (Lipinski definition) is 7. The van der Waals surface area contributed by atoms with Gasteiger partial charge < -0.3 is 25.1 Å². The second kappa shape index (κ2) is 8.39. The highest BCUT2D eigenvalue weighted by molar-refractivity contribution is 6.08. The first-order valence-electron chi connectivity index (χ1n) is 11.2. The molecule has 1 aromatic carbocycles. The summed E-state index contributed by atoms with van der Waals surface area (Å²) in [6, 6.07) is 6.64. The number of pyridine rings is 1. The highest BCUT2D eigenvalue weighted by Gasteiger charge is 2.33. The number of anilines is 2. The van der Waals surface area contributed by atoms with E-state index in [9.17, 15) is 9.18 Å². The number of benzene rings is 1. The fraction of sp³-hybridized carbons (Fsp3) is 0.200. The van der Waals surface area contributed by atoms with E-state index in [-0.39, 0.29) is 23.6 Å². The van der Waals surface area contributed by atoms with Gasteiger partial charge in [0.25, 0.3) is 5.91 Å². The van der Waals surface area contributed by atoms with E-state index in [1.165, 1.54) is 13.2 Å². The highest BCUT2D eigenvalue weighted by Crippen LogP contribution is 2.43. The summed E-state index contributed by atoms with van der Waals surface area (Å²) < 4.78 is 25.5. The maximum atomic E-state index is 14.5. The van der Waals surface area contributed by atoms with Gasteiger partial charge in [-0.15, -0.1) is 0 Å². The molecule has 176 valence electrons. The van der Waals surface area contributed by atoms with Crippen LogP contribution in [0.1, 0.15) is 28.4 Å². The summed E-state index contributed by atoms with van der Waals surface area (Å²) in [5.41, 5.74) is 4.63. The predicted octanol–water partition coefficient (Wildman–Crippen LogP) is 4.08. The molecule has 6 rings (SSSR count). The molecular weight excluding hydrogens is 451 g/mol. The molecule has 1 amide bonds. The van der Waals surface area contributed by atoms with E-state index in [0.29, 0.717) is 58.8 Å². The van der Waals surface area contributed by atoms with Crippen LogP contribution in [0.5, 0.6) is 11.8 Å². The van der Waals surface area contributed by atoms with E-state index in [0.717, 1.165) is 5.69 Å². The fourth-order valence-corrected chi connectivity index (χ4v) is 4.59. The zero-order valence-corrected chi connectivity index (χ0v) is 18.8. The molecule has 0 fully saturated rings.